The number of halogens is 1. The zero-order valence-corrected chi connectivity index (χ0v) is 11.5. The molecule has 1 aromatic rings. The topological polar surface area (TPSA) is 55.8 Å². The molecule has 0 saturated carbocycles. The molecule has 4 nitrogen and oxygen atoms in total. The minimum absolute atomic E-state index is 0.369. The summed E-state index contributed by atoms with van der Waals surface area (Å²) in [4.78, 5) is 10.9. The van der Waals surface area contributed by atoms with Crippen LogP contribution in [-0.2, 0) is 11.2 Å². The number of hydrogen-bond donors (Lipinski definition) is 1. The molecule has 0 amide bonds. The Kier molecular flexibility index (Phi) is 5.28. The number of ether oxygens (including phenoxy) is 2. The molecule has 1 aromatic carbocycles. The molecule has 0 spiro atoms. The monoisotopic (exact) mass is 272 g/mol. The van der Waals surface area contributed by atoms with Gasteiger partial charge in [0.05, 0.1) is 24.7 Å². The Morgan fingerprint density at radius 2 is 2.11 bits per heavy atom. The van der Waals surface area contributed by atoms with Gasteiger partial charge >= 0.3 is 5.97 Å². The van der Waals surface area contributed by atoms with Gasteiger partial charge in [-0.2, -0.15) is 0 Å². The van der Waals surface area contributed by atoms with Crippen molar-refractivity contribution >= 4 is 17.6 Å². The van der Waals surface area contributed by atoms with E-state index in [0.717, 1.165) is 5.56 Å². The first-order valence-electron chi connectivity index (χ1n) is 5.71. The maximum Gasteiger partial charge on any atom is 0.306 e. The molecule has 0 radical (unpaired) electrons. The molecule has 100 valence electrons. The molecular formula is C13H17ClO4. The molecule has 0 aliphatic carbocycles. The van der Waals surface area contributed by atoms with Crippen molar-refractivity contribution in [3.8, 4) is 11.5 Å². The van der Waals surface area contributed by atoms with Crippen molar-refractivity contribution in [1.29, 1.82) is 0 Å². The fourth-order valence-corrected chi connectivity index (χ4v) is 1.86. The van der Waals surface area contributed by atoms with E-state index in [1.54, 1.807) is 19.1 Å². The number of aliphatic carboxylic acids is 1. The third-order valence-electron chi connectivity index (χ3n) is 2.58. The standard InChI is InChI=1S/C13H17ClO4/c1-4-18-11-7-12(17-3)10(14)6-9(11)5-8(2)13(15)16/h6-8H,4-5H2,1-3H3,(H,15,16). The van der Waals surface area contributed by atoms with Gasteiger partial charge in [0.25, 0.3) is 0 Å². The van der Waals surface area contributed by atoms with Crippen molar-refractivity contribution < 1.29 is 19.4 Å². The first-order valence-corrected chi connectivity index (χ1v) is 6.09. The van der Waals surface area contributed by atoms with E-state index in [0.29, 0.717) is 29.5 Å². The molecule has 0 aromatic heterocycles. The van der Waals surface area contributed by atoms with Gasteiger partial charge in [0.1, 0.15) is 11.5 Å². The van der Waals surface area contributed by atoms with Crippen LogP contribution in [0.3, 0.4) is 0 Å². The van der Waals surface area contributed by atoms with Crippen LogP contribution >= 0.6 is 11.6 Å². The Morgan fingerprint density at radius 1 is 1.44 bits per heavy atom. The lowest BCUT2D eigenvalue weighted by molar-refractivity contribution is -0.141. The predicted octanol–water partition coefficient (Wildman–Crippen LogP) is 3.01. The van der Waals surface area contributed by atoms with Crippen LogP contribution in [0.5, 0.6) is 11.5 Å². The first-order chi connectivity index (χ1) is 8.49. The van der Waals surface area contributed by atoms with Gasteiger partial charge in [-0.3, -0.25) is 4.79 Å². The molecule has 1 N–H and O–H groups in total. The molecule has 5 heteroatoms. The molecule has 18 heavy (non-hydrogen) atoms. The molecule has 0 heterocycles. The largest absolute Gasteiger partial charge is 0.495 e. The number of benzene rings is 1. The zero-order chi connectivity index (χ0) is 13.7. The van der Waals surface area contributed by atoms with Crippen LogP contribution in [0, 0.1) is 5.92 Å². The Balaban J connectivity index is 3.08. The summed E-state index contributed by atoms with van der Waals surface area (Å²) < 4.78 is 10.6. The van der Waals surface area contributed by atoms with Crippen LogP contribution in [0.2, 0.25) is 5.02 Å². The van der Waals surface area contributed by atoms with Gasteiger partial charge in [-0.25, -0.2) is 0 Å². The summed E-state index contributed by atoms with van der Waals surface area (Å²) in [5.74, 6) is -0.197. The second-order valence-corrected chi connectivity index (χ2v) is 4.38. The molecule has 0 fully saturated rings. The average molecular weight is 273 g/mol. The fraction of sp³-hybridized carbons (Fsp3) is 0.462. The van der Waals surface area contributed by atoms with E-state index >= 15 is 0 Å². The van der Waals surface area contributed by atoms with Crippen LogP contribution < -0.4 is 9.47 Å². The Morgan fingerprint density at radius 3 is 2.61 bits per heavy atom. The highest BCUT2D eigenvalue weighted by Crippen LogP contribution is 2.33. The molecule has 1 rings (SSSR count). The van der Waals surface area contributed by atoms with E-state index in [4.69, 9.17) is 26.2 Å². The van der Waals surface area contributed by atoms with Gasteiger partial charge in [-0.1, -0.05) is 18.5 Å². The van der Waals surface area contributed by atoms with Crippen LogP contribution in [0.4, 0.5) is 0 Å². The van der Waals surface area contributed by atoms with Gasteiger partial charge in [0.2, 0.25) is 0 Å². The molecule has 0 saturated heterocycles. The van der Waals surface area contributed by atoms with E-state index < -0.39 is 11.9 Å². The lowest BCUT2D eigenvalue weighted by Crippen LogP contribution is -2.13. The highest BCUT2D eigenvalue weighted by atomic mass is 35.5. The quantitative estimate of drug-likeness (QED) is 0.865. The minimum Gasteiger partial charge on any atom is -0.495 e. The van der Waals surface area contributed by atoms with E-state index in [-0.39, 0.29) is 0 Å². The van der Waals surface area contributed by atoms with Gasteiger partial charge < -0.3 is 14.6 Å². The Labute approximate surface area is 111 Å². The van der Waals surface area contributed by atoms with Gasteiger partial charge in [0, 0.05) is 6.07 Å². The summed E-state index contributed by atoms with van der Waals surface area (Å²) in [6.07, 6.45) is 0.369. The molecule has 0 aliphatic heterocycles. The minimum atomic E-state index is -0.843. The summed E-state index contributed by atoms with van der Waals surface area (Å²) in [6, 6.07) is 3.39. The van der Waals surface area contributed by atoms with E-state index in [2.05, 4.69) is 0 Å². The second kappa shape index (κ2) is 6.50. The van der Waals surface area contributed by atoms with Crippen LogP contribution in [0.25, 0.3) is 0 Å². The molecule has 1 atom stereocenters. The van der Waals surface area contributed by atoms with Crippen molar-refractivity contribution in [2.75, 3.05) is 13.7 Å². The maximum absolute atomic E-state index is 10.9. The lowest BCUT2D eigenvalue weighted by atomic mass is 10.0. The molecule has 0 aliphatic rings. The maximum atomic E-state index is 10.9. The van der Waals surface area contributed by atoms with Crippen molar-refractivity contribution in [3.63, 3.8) is 0 Å². The number of methoxy groups -OCH3 is 1. The van der Waals surface area contributed by atoms with Gasteiger partial charge in [-0.05, 0) is 25.0 Å². The van der Waals surface area contributed by atoms with E-state index in [9.17, 15) is 4.79 Å². The first kappa shape index (κ1) is 14.6. The number of hydrogen-bond acceptors (Lipinski definition) is 3. The lowest BCUT2D eigenvalue weighted by Gasteiger charge is -2.14. The molecule has 0 bridgehead atoms. The highest BCUT2D eigenvalue weighted by molar-refractivity contribution is 6.32. The second-order valence-electron chi connectivity index (χ2n) is 3.97. The number of rotatable bonds is 6. The normalized spacial score (nSPS) is 12.0. The van der Waals surface area contributed by atoms with Gasteiger partial charge in [-0.15, -0.1) is 0 Å². The predicted molar refractivity (Wildman–Crippen MR) is 69.7 cm³/mol. The summed E-state index contributed by atoms with van der Waals surface area (Å²) in [7, 11) is 1.52. The summed E-state index contributed by atoms with van der Waals surface area (Å²) in [5.41, 5.74) is 0.776. The highest BCUT2D eigenvalue weighted by Gasteiger charge is 2.17. The van der Waals surface area contributed by atoms with Gasteiger partial charge in [0.15, 0.2) is 0 Å². The number of carboxylic acids is 1. The van der Waals surface area contributed by atoms with Crippen LogP contribution in [-0.4, -0.2) is 24.8 Å². The average Bonchev–Trinajstić information content (AvgIpc) is 2.32. The third kappa shape index (κ3) is 3.53. The van der Waals surface area contributed by atoms with Crippen LogP contribution in [0.15, 0.2) is 12.1 Å². The zero-order valence-electron chi connectivity index (χ0n) is 10.7. The molecular weight excluding hydrogens is 256 g/mol. The van der Waals surface area contributed by atoms with Crippen molar-refractivity contribution in [2.24, 2.45) is 5.92 Å². The van der Waals surface area contributed by atoms with Crippen molar-refractivity contribution in [3.05, 3.63) is 22.7 Å². The smallest absolute Gasteiger partial charge is 0.306 e. The number of carbonyl (C=O) groups is 1. The van der Waals surface area contributed by atoms with E-state index in [1.165, 1.54) is 7.11 Å². The summed E-state index contributed by atoms with van der Waals surface area (Å²) >= 11 is 6.04. The third-order valence-corrected chi connectivity index (χ3v) is 2.88. The SMILES string of the molecule is CCOc1cc(OC)c(Cl)cc1CC(C)C(=O)O. The fourth-order valence-electron chi connectivity index (χ4n) is 1.60. The van der Waals surface area contributed by atoms with E-state index in [1.807, 2.05) is 6.92 Å². The van der Waals surface area contributed by atoms with Crippen LogP contribution in [0.1, 0.15) is 19.4 Å². The Hall–Kier alpha value is -1.42. The molecule has 1 unspecified atom stereocenters. The van der Waals surface area contributed by atoms with Crippen molar-refractivity contribution in [2.45, 2.75) is 20.3 Å². The summed E-state index contributed by atoms with van der Waals surface area (Å²) in [6.45, 7) is 4.01. The number of carboxylic acid groups (broad SMARTS) is 1. The Bertz CT molecular complexity index is 431. The summed E-state index contributed by atoms with van der Waals surface area (Å²) in [5, 5.41) is 9.39. The van der Waals surface area contributed by atoms with Crippen molar-refractivity contribution in [1.82, 2.24) is 0 Å².